The minimum atomic E-state index is -0.00548. The molecule has 1 aliphatic rings. The lowest BCUT2D eigenvalue weighted by Crippen LogP contribution is -2.38. The first-order chi connectivity index (χ1) is 11.3. The van der Waals surface area contributed by atoms with E-state index in [0.29, 0.717) is 19.8 Å². The number of thioether (sulfide) groups is 1. The van der Waals surface area contributed by atoms with Crippen molar-refractivity contribution in [3.63, 3.8) is 0 Å². The van der Waals surface area contributed by atoms with E-state index in [1.54, 1.807) is 35.1 Å². The predicted molar refractivity (Wildman–Crippen MR) is 91.0 cm³/mol. The molecule has 7 heteroatoms. The minimum Gasteiger partial charge on any atom is -0.497 e. The maximum absolute atomic E-state index is 11.2. The second-order valence-corrected chi connectivity index (χ2v) is 7.38. The van der Waals surface area contributed by atoms with Gasteiger partial charge >= 0.3 is 0 Å². The van der Waals surface area contributed by atoms with E-state index in [4.69, 9.17) is 9.47 Å². The van der Waals surface area contributed by atoms with Crippen LogP contribution >= 0.6 is 23.1 Å². The Balaban J connectivity index is 1.61. The summed E-state index contributed by atoms with van der Waals surface area (Å²) >= 11 is 3.33. The van der Waals surface area contributed by atoms with Crippen LogP contribution in [-0.4, -0.2) is 43.2 Å². The van der Waals surface area contributed by atoms with Crippen LogP contribution in [0.1, 0.15) is 16.5 Å². The number of carbonyl (C=O) groups is 1. The van der Waals surface area contributed by atoms with Gasteiger partial charge in [0.05, 0.1) is 31.2 Å². The number of nitrogens with zero attached hydrogens (tertiary/aromatic N) is 2. The zero-order valence-electron chi connectivity index (χ0n) is 12.8. The number of methoxy groups -OCH3 is 1. The molecule has 0 bridgehead atoms. The predicted octanol–water partition coefficient (Wildman–Crippen LogP) is 2.97. The summed E-state index contributed by atoms with van der Waals surface area (Å²) in [7, 11) is 1.67. The Kier molecular flexibility index (Phi) is 5.53. The van der Waals surface area contributed by atoms with E-state index in [-0.39, 0.29) is 6.04 Å². The van der Waals surface area contributed by atoms with Crippen molar-refractivity contribution in [1.82, 2.24) is 9.88 Å². The van der Waals surface area contributed by atoms with Crippen molar-refractivity contribution >= 4 is 29.5 Å². The van der Waals surface area contributed by atoms with E-state index in [0.717, 1.165) is 27.1 Å². The number of benzene rings is 1. The van der Waals surface area contributed by atoms with Gasteiger partial charge < -0.3 is 14.4 Å². The summed E-state index contributed by atoms with van der Waals surface area (Å²) in [6, 6.07) is 8.04. The van der Waals surface area contributed by atoms with Crippen molar-refractivity contribution in [2.24, 2.45) is 0 Å². The molecule has 3 rings (SSSR count). The number of amides is 1. The average molecular weight is 350 g/mol. The third-order valence-corrected chi connectivity index (χ3v) is 5.98. The molecule has 0 spiro atoms. The minimum absolute atomic E-state index is 0.00548. The molecule has 122 valence electrons. The number of hydrogen-bond acceptors (Lipinski definition) is 6. The lowest BCUT2D eigenvalue weighted by molar-refractivity contribution is -0.126. The molecule has 1 amide bonds. The summed E-state index contributed by atoms with van der Waals surface area (Å²) in [5, 5.41) is 0. The molecule has 2 aromatic rings. The van der Waals surface area contributed by atoms with E-state index in [2.05, 4.69) is 17.1 Å². The summed E-state index contributed by atoms with van der Waals surface area (Å²) in [5.41, 5.74) is 1.23. The molecule has 1 aromatic carbocycles. The second-order valence-electron chi connectivity index (χ2n) is 5.10. The van der Waals surface area contributed by atoms with Crippen LogP contribution in [0.3, 0.4) is 0 Å². The molecule has 1 atom stereocenters. The van der Waals surface area contributed by atoms with Gasteiger partial charge in [0.15, 0.2) is 0 Å². The van der Waals surface area contributed by atoms with Gasteiger partial charge in [-0.1, -0.05) is 23.9 Å². The first-order valence-electron chi connectivity index (χ1n) is 7.30. The Morgan fingerprint density at radius 3 is 3.04 bits per heavy atom. The van der Waals surface area contributed by atoms with Crippen LogP contribution in [0.25, 0.3) is 0 Å². The number of hydrogen-bond donors (Lipinski definition) is 0. The van der Waals surface area contributed by atoms with Crippen LogP contribution in [0.5, 0.6) is 5.75 Å². The first-order valence-corrected chi connectivity index (χ1v) is 9.10. The summed E-state index contributed by atoms with van der Waals surface area (Å²) in [6.07, 6.45) is 2.76. The van der Waals surface area contributed by atoms with Gasteiger partial charge in [-0.05, 0) is 17.7 Å². The Labute approximate surface area is 143 Å². The summed E-state index contributed by atoms with van der Waals surface area (Å²) in [6.45, 7) is 1.79. The molecule has 1 fully saturated rings. The highest BCUT2D eigenvalue weighted by Crippen LogP contribution is 2.33. The van der Waals surface area contributed by atoms with Crippen molar-refractivity contribution in [3.8, 4) is 5.75 Å². The summed E-state index contributed by atoms with van der Waals surface area (Å²) in [5.74, 6) is 1.72. The van der Waals surface area contributed by atoms with Gasteiger partial charge in [-0.15, -0.1) is 11.3 Å². The Morgan fingerprint density at radius 2 is 2.30 bits per heavy atom. The van der Waals surface area contributed by atoms with Crippen molar-refractivity contribution in [3.05, 3.63) is 40.9 Å². The Bertz CT molecular complexity index is 645. The molecule has 5 nitrogen and oxygen atoms in total. The lowest BCUT2D eigenvalue weighted by Gasteiger charge is -2.31. The van der Waals surface area contributed by atoms with Gasteiger partial charge in [-0.3, -0.25) is 4.79 Å². The monoisotopic (exact) mass is 350 g/mol. The SMILES string of the molecule is COc1ccc(CSc2ncc(C3COCCN3C=O)s2)cc1. The zero-order valence-corrected chi connectivity index (χ0v) is 14.4. The molecule has 1 aromatic heterocycles. The number of ether oxygens (including phenoxy) is 2. The number of thiazole rings is 1. The van der Waals surface area contributed by atoms with E-state index < -0.39 is 0 Å². The average Bonchev–Trinajstić information content (AvgIpc) is 3.09. The molecular weight excluding hydrogens is 332 g/mol. The third kappa shape index (κ3) is 4.04. The quantitative estimate of drug-likeness (QED) is 0.592. The number of rotatable bonds is 6. The molecule has 1 unspecified atom stereocenters. The highest BCUT2D eigenvalue weighted by Gasteiger charge is 2.25. The highest BCUT2D eigenvalue weighted by molar-refractivity contribution is 8.00. The Hall–Kier alpha value is -1.57. The van der Waals surface area contributed by atoms with Crippen molar-refractivity contribution in [2.45, 2.75) is 16.1 Å². The fraction of sp³-hybridized carbons (Fsp3) is 0.375. The second kappa shape index (κ2) is 7.81. The zero-order chi connectivity index (χ0) is 16.1. The largest absolute Gasteiger partial charge is 0.497 e. The van der Waals surface area contributed by atoms with Gasteiger partial charge in [-0.25, -0.2) is 4.98 Å². The standard InChI is InChI=1S/C16H18N2O3S2/c1-20-13-4-2-12(3-5-13)10-22-16-17-8-15(23-16)14-9-21-7-6-18(14)11-19/h2-5,8,11,14H,6-7,9-10H2,1H3. The maximum Gasteiger partial charge on any atom is 0.210 e. The fourth-order valence-corrected chi connectivity index (χ4v) is 4.41. The molecule has 0 saturated carbocycles. The fourth-order valence-electron chi connectivity index (χ4n) is 2.35. The highest BCUT2D eigenvalue weighted by atomic mass is 32.2. The van der Waals surface area contributed by atoms with Gasteiger partial charge in [0.1, 0.15) is 10.1 Å². The van der Waals surface area contributed by atoms with Crippen LogP contribution in [0.15, 0.2) is 34.8 Å². The van der Waals surface area contributed by atoms with Gasteiger partial charge in [0.25, 0.3) is 0 Å². The number of aromatic nitrogens is 1. The maximum atomic E-state index is 11.2. The molecule has 0 radical (unpaired) electrons. The summed E-state index contributed by atoms with van der Waals surface area (Å²) in [4.78, 5) is 18.5. The van der Waals surface area contributed by atoms with Crippen molar-refractivity contribution in [1.29, 1.82) is 0 Å². The van der Waals surface area contributed by atoms with Crippen LogP contribution < -0.4 is 4.74 Å². The Morgan fingerprint density at radius 1 is 1.48 bits per heavy atom. The molecule has 23 heavy (non-hydrogen) atoms. The topological polar surface area (TPSA) is 51.7 Å². The third-order valence-electron chi connectivity index (χ3n) is 3.66. The van der Waals surface area contributed by atoms with Gasteiger partial charge in [0.2, 0.25) is 6.41 Å². The van der Waals surface area contributed by atoms with Crippen molar-refractivity contribution < 1.29 is 14.3 Å². The molecule has 0 N–H and O–H groups in total. The smallest absolute Gasteiger partial charge is 0.210 e. The first kappa shape index (κ1) is 16.3. The van der Waals surface area contributed by atoms with E-state index in [1.807, 2.05) is 18.3 Å². The van der Waals surface area contributed by atoms with Gasteiger partial charge in [0, 0.05) is 18.5 Å². The normalized spacial score (nSPS) is 18.0. The number of morpholine rings is 1. The lowest BCUT2D eigenvalue weighted by atomic mass is 10.2. The molecule has 1 saturated heterocycles. The van der Waals surface area contributed by atoms with Crippen molar-refractivity contribution in [2.75, 3.05) is 26.9 Å². The van der Waals surface area contributed by atoms with Crippen LogP contribution in [-0.2, 0) is 15.3 Å². The van der Waals surface area contributed by atoms with Gasteiger partial charge in [-0.2, -0.15) is 0 Å². The van der Waals surface area contributed by atoms with E-state index in [9.17, 15) is 4.79 Å². The molecule has 0 aliphatic carbocycles. The molecule has 1 aliphatic heterocycles. The molecule has 2 heterocycles. The molecular formula is C16H18N2O3S2. The van der Waals surface area contributed by atoms with Crippen LogP contribution in [0, 0.1) is 0 Å². The number of carbonyl (C=O) groups excluding carboxylic acids is 1. The van der Waals surface area contributed by atoms with Crippen LogP contribution in [0.2, 0.25) is 0 Å². The van der Waals surface area contributed by atoms with E-state index in [1.165, 1.54) is 5.56 Å². The van der Waals surface area contributed by atoms with Crippen LogP contribution in [0.4, 0.5) is 0 Å². The van der Waals surface area contributed by atoms with E-state index >= 15 is 0 Å². The summed E-state index contributed by atoms with van der Waals surface area (Å²) < 4.78 is 11.7.